The van der Waals surface area contributed by atoms with Gasteiger partial charge in [0.2, 0.25) is 0 Å². The number of alkyl halides is 3. The van der Waals surface area contributed by atoms with E-state index in [0.717, 1.165) is 10.8 Å². The largest absolute Gasteiger partial charge is 0.406 e. The van der Waals surface area contributed by atoms with E-state index < -0.39 is 32.4 Å². The van der Waals surface area contributed by atoms with E-state index in [1.807, 2.05) is 0 Å². The fraction of sp³-hybridized carbons (Fsp3) is 0.360. The van der Waals surface area contributed by atoms with Crippen LogP contribution in [0.1, 0.15) is 18.5 Å². The highest BCUT2D eigenvalue weighted by Gasteiger charge is 2.30. The number of halogens is 4. The monoisotopic (exact) mass is 587 g/mol. The fourth-order valence-electron chi connectivity index (χ4n) is 4.26. The lowest BCUT2D eigenvalue weighted by Crippen LogP contribution is -2.32. The van der Waals surface area contributed by atoms with Gasteiger partial charge in [0.15, 0.2) is 9.84 Å². The van der Waals surface area contributed by atoms with Crippen molar-refractivity contribution in [3.63, 3.8) is 0 Å². The molecule has 1 aromatic heterocycles. The van der Waals surface area contributed by atoms with Crippen LogP contribution in [0.2, 0.25) is 5.02 Å². The third kappa shape index (κ3) is 6.95. The van der Waals surface area contributed by atoms with Crippen LogP contribution in [0.4, 0.5) is 24.5 Å². The van der Waals surface area contributed by atoms with E-state index in [-0.39, 0.29) is 39.7 Å². The van der Waals surface area contributed by atoms with E-state index in [4.69, 9.17) is 11.6 Å². The second-order valence-corrected chi connectivity index (χ2v) is 13.8. The van der Waals surface area contributed by atoms with Crippen molar-refractivity contribution in [1.82, 2.24) is 4.57 Å². The zero-order valence-corrected chi connectivity index (χ0v) is 22.7. The minimum Gasteiger partial charge on any atom is -0.382 e. The first-order chi connectivity index (χ1) is 17.7. The Morgan fingerprint density at radius 3 is 2.45 bits per heavy atom. The van der Waals surface area contributed by atoms with Gasteiger partial charge in [-0.05, 0) is 55.2 Å². The van der Waals surface area contributed by atoms with Gasteiger partial charge < -0.3 is 15.2 Å². The summed E-state index contributed by atoms with van der Waals surface area (Å²) in [7, 11) is -6.47. The van der Waals surface area contributed by atoms with Gasteiger partial charge >= 0.3 is 6.18 Å². The van der Waals surface area contributed by atoms with Crippen molar-refractivity contribution in [1.29, 1.82) is 0 Å². The van der Waals surface area contributed by atoms with Gasteiger partial charge in [-0.1, -0.05) is 23.6 Å². The van der Waals surface area contributed by atoms with E-state index >= 15 is 0 Å². The molecule has 0 atom stereocenters. The van der Waals surface area contributed by atoms with E-state index in [0.29, 0.717) is 35.1 Å². The average molecular weight is 588 g/mol. The number of hydrogen-bond acceptors (Lipinski definition) is 6. The Hall–Kier alpha value is -2.88. The second-order valence-electron chi connectivity index (χ2n) is 9.11. The Bertz CT molecular complexity index is 1630. The normalized spacial score (nSPS) is 16.1. The first kappa shape index (κ1) is 28.1. The maximum Gasteiger partial charge on any atom is 0.406 e. The van der Waals surface area contributed by atoms with E-state index in [9.17, 15) is 30.0 Å². The highest BCUT2D eigenvalue weighted by Crippen LogP contribution is 2.31. The summed E-state index contributed by atoms with van der Waals surface area (Å²) in [6.45, 7) is -1.18. The third-order valence-electron chi connectivity index (χ3n) is 6.15. The quantitative estimate of drug-likeness (QED) is 0.405. The van der Waals surface area contributed by atoms with Crippen LogP contribution >= 0.6 is 11.6 Å². The topological polar surface area (TPSA) is 97.3 Å². The molecular formula is C25H25ClF3N3O4S2. The van der Waals surface area contributed by atoms with E-state index in [1.54, 1.807) is 24.3 Å². The molecule has 1 saturated heterocycles. The summed E-state index contributed by atoms with van der Waals surface area (Å²) in [5.41, 5.74) is 1.57. The lowest BCUT2D eigenvalue weighted by atomic mass is 10.1. The summed E-state index contributed by atoms with van der Waals surface area (Å²) in [5.74, 6) is 5.74. The molecule has 1 aliphatic rings. The highest BCUT2D eigenvalue weighted by molar-refractivity contribution is 7.91. The Kier molecular flexibility index (Phi) is 7.93. The second kappa shape index (κ2) is 10.7. The van der Waals surface area contributed by atoms with Crippen molar-refractivity contribution in [3.8, 4) is 11.8 Å². The van der Waals surface area contributed by atoms with Gasteiger partial charge in [0.05, 0.1) is 44.9 Å². The molecule has 0 saturated carbocycles. The van der Waals surface area contributed by atoms with Crippen LogP contribution in [-0.2, 0) is 26.2 Å². The lowest BCUT2D eigenvalue weighted by molar-refractivity contribution is -0.140. The number of nitrogens with zero attached hydrogens (tertiary/aromatic N) is 1. The Morgan fingerprint density at radius 2 is 1.82 bits per heavy atom. The van der Waals surface area contributed by atoms with Gasteiger partial charge in [-0.15, -0.1) is 0 Å². The molecule has 7 nitrogen and oxygen atoms in total. The fourth-order valence-corrected chi connectivity index (χ4v) is 6.71. The standard InChI is InChI=1S/C25H25ClF3N3O4S2/c1-37(33,34)19-7-8-23(21(26)15-19)30-11-3-4-18-14-20-22(31-17-9-12-38(35,36)13-10-17)5-2-6-24(20)32(18)16-25(27,28)29/h2,5-8,14-15,17,30-31H,9-13,16H2,1H3. The SMILES string of the molecule is CS(=O)(=O)c1ccc(NCC#Cc2cc3c(NC4CCS(=O)(=O)CC4)cccc3n2CC(F)(F)F)c(Cl)c1. The van der Waals surface area contributed by atoms with E-state index in [1.165, 1.54) is 18.2 Å². The number of nitrogens with one attached hydrogen (secondary N) is 2. The van der Waals surface area contributed by atoms with Crippen LogP contribution in [0, 0.1) is 11.8 Å². The number of fused-ring (bicyclic) bond motifs is 1. The molecule has 38 heavy (non-hydrogen) atoms. The molecule has 0 amide bonds. The summed E-state index contributed by atoms with van der Waals surface area (Å²) in [6.07, 6.45) is -2.56. The maximum atomic E-state index is 13.4. The van der Waals surface area contributed by atoms with Crippen LogP contribution in [0.25, 0.3) is 10.9 Å². The van der Waals surface area contributed by atoms with Crippen molar-refractivity contribution in [2.24, 2.45) is 0 Å². The molecule has 2 heterocycles. The van der Waals surface area contributed by atoms with Gasteiger partial charge in [0.25, 0.3) is 0 Å². The van der Waals surface area contributed by atoms with Crippen LogP contribution in [0.15, 0.2) is 47.4 Å². The van der Waals surface area contributed by atoms with Crippen molar-refractivity contribution < 1.29 is 30.0 Å². The molecule has 2 N–H and O–H groups in total. The first-order valence-electron chi connectivity index (χ1n) is 11.6. The molecular weight excluding hydrogens is 563 g/mol. The molecule has 4 rings (SSSR count). The average Bonchev–Trinajstić information content (AvgIpc) is 3.15. The summed E-state index contributed by atoms with van der Waals surface area (Å²) in [4.78, 5) is 0.0649. The zero-order valence-electron chi connectivity index (χ0n) is 20.3. The molecule has 1 fully saturated rings. The third-order valence-corrected chi connectivity index (χ3v) is 9.29. The number of aromatic nitrogens is 1. The number of hydrogen-bond donors (Lipinski definition) is 2. The van der Waals surface area contributed by atoms with E-state index in [2.05, 4.69) is 22.5 Å². The predicted octanol–water partition coefficient (Wildman–Crippen LogP) is 4.71. The van der Waals surface area contributed by atoms with Gasteiger partial charge in [0, 0.05) is 23.4 Å². The van der Waals surface area contributed by atoms with Crippen LogP contribution in [0.5, 0.6) is 0 Å². The number of anilines is 2. The summed E-state index contributed by atoms with van der Waals surface area (Å²) < 4.78 is 88.2. The molecule has 0 radical (unpaired) electrons. The molecule has 0 aliphatic carbocycles. The molecule has 3 aromatic rings. The first-order valence-corrected chi connectivity index (χ1v) is 15.7. The zero-order chi connectivity index (χ0) is 27.7. The molecule has 2 aromatic carbocycles. The van der Waals surface area contributed by atoms with Crippen LogP contribution in [-0.4, -0.2) is 57.9 Å². The van der Waals surface area contributed by atoms with Gasteiger partial charge in [0.1, 0.15) is 16.4 Å². The van der Waals surface area contributed by atoms with Gasteiger partial charge in [-0.25, -0.2) is 16.8 Å². The van der Waals surface area contributed by atoms with Crippen molar-refractivity contribution in [3.05, 3.63) is 53.2 Å². The van der Waals surface area contributed by atoms with Crippen LogP contribution < -0.4 is 10.6 Å². The van der Waals surface area contributed by atoms with Crippen LogP contribution in [0.3, 0.4) is 0 Å². The minimum atomic E-state index is -4.48. The Morgan fingerprint density at radius 1 is 1.11 bits per heavy atom. The molecule has 13 heteroatoms. The summed E-state index contributed by atoms with van der Waals surface area (Å²) >= 11 is 6.15. The molecule has 204 valence electrons. The molecule has 0 bridgehead atoms. The molecule has 0 spiro atoms. The number of benzene rings is 2. The highest BCUT2D eigenvalue weighted by atomic mass is 35.5. The summed E-state index contributed by atoms with van der Waals surface area (Å²) in [6, 6.07) is 10.7. The number of rotatable bonds is 6. The minimum absolute atomic E-state index is 0.0487. The number of sulfone groups is 2. The van der Waals surface area contributed by atoms with Gasteiger partial charge in [-0.3, -0.25) is 0 Å². The maximum absolute atomic E-state index is 13.4. The van der Waals surface area contributed by atoms with Crippen molar-refractivity contribution in [2.75, 3.05) is 34.9 Å². The van der Waals surface area contributed by atoms with Crippen molar-refractivity contribution >= 4 is 53.6 Å². The molecule has 0 unspecified atom stereocenters. The molecule has 1 aliphatic heterocycles. The smallest absolute Gasteiger partial charge is 0.382 e. The van der Waals surface area contributed by atoms with Gasteiger partial charge in [-0.2, -0.15) is 13.2 Å². The Balaban J connectivity index is 1.59. The van der Waals surface area contributed by atoms with Crippen molar-refractivity contribution in [2.45, 2.75) is 36.5 Å². The Labute approximate surface area is 224 Å². The lowest BCUT2D eigenvalue weighted by Gasteiger charge is -2.24. The summed E-state index contributed by atoms with van der Waals surface area (Å²) in [5, 5.41) is 6.97. The predicted molar refractivity (Wildman–Crippen MR) is 143 cm³/mol.